The van der Waals surface area contributed by atoms with Crippen molar-refractivity contribution in [3.8, 4) is 5.69 Å². The van der Waals surface area contributed by atoms with E-state index in [1.54, 1.807) is 10.9 Å². The van der Waals surface area contributed by atoms with Crippen LogP contribution in [0.1, 0.15) is 29.3 Å². The van der Waals surface area contributed by atoms with Gasteiger partial charge in [0.1, 0.15) is 0 Å². The molecule has 5 nitrogen and oxygen atoms in total. The summed E-state index contributed by atoms with van der Waals surface area (Å²) in [5, 5.41) is 7.46. The summed E-state index contributed by atoms with van der Waals surface area (Å²) < 4.78 is 1.64. The van der Waals surface area contributed by atoms with Gasteiger partial charge < -0.3 is 11.1 Å². The first kappa shape index (κ1) is 13.3. The van der Waals surface area contributed by atoms with E-state index >= 15 is 0 Å². The monoisotopic (exact) mass is 258 g/mol. The number of carbonyl (C=O) groups is 1. The predicted molar refractivity (Wildman–Crippen MR) is 74.1 cm³/mol. The normalized spacial score (nSPS) is 10.6. The Balaban J connectivity index is 2.06. The van der Waals surface area contributed by atoms with E-state index in [2.05, 4.69) is 17.3 Å². The van der Waals surface area contributed by atoms with E-state index in [4.69, 9.17) is 5.73 Å². The summed E-state index contributed by atoms with van der Waals surface area (Å²) in [5.74, 6) is -0.466. The minimum atomic E-state index is -0.466. The predicted octanol–water partition coefficient (Wildman–Crippen LogP) is 1.47. The van der Waals surface area contributed by atoms with Gasteiger partial charge in [-0.25, -0.2) is 4.68 Å². The van der Waals surface area contributed by atoms with Crippen molar-refractivity contribution in [2.24, 2.45) is 5.73 Å². The van der Waals surface area contributed by atoms with Crippen molar-refractivity contribution >= 4 is 5.91 Å². The van der Waals surface area contributed by atoms with Crippen molar-refractivity contribution in [3.05, 3.63) is 47.8 Å². The van der Waals surface area contributed by atoms with Crippen molar-refractivity contribution in [1.29, 1.82) is 0 Å². The maximum atomic E-state index is 11.0. The first-order chi connectivity index (χ1) is 9.20. The summed E-state index contributed by atoms with van der Waals surface area (Å²) in [6.45, 7) is 4.02. The molecule has 2 aromatic rings. The molecule has 0 spiro atoms. The van der Waals surface area contributed by atoms with Gasteiger partial charge in [-0.05, 0) is 30.7 Å². The molecule has 5 heteroatoms. The van der Waals surface area contributed by atoms with Gasteiger partial charge in [0, 0.05) is 12.7 Å². The molecule has 0 aliphatic heterocycles. The molecule has 0 aliphatic carbocycles. The van der Waals surface area contributed by atoms with Crippen LogP contribution in [0.4, 0.5) is 0 Å². The van der Waals surface area contributed by atoms with Crippen LogP contribution in [-0.2, 0) is 6.54 Å². The highest BCUT2D eigenvalue weighted by molar-refractivity contribution is 5.92. The number of amides is 1. The Kier molecular flexibility index (Phi) is 4.30. The van der Waals surface area contributed by atoms with Crippen molar-refractivity contribution in [3.63, 3.8) is 0 Å². The zero-order valence-electron chi connectivity index (χ0n) is 11.0. The number of benzene rings is 1. The van der Waals surface area contributed by atoms with Crippen LogP contribution >= 0.6 is 0 Å². The fourth-order valence-corrected chi connectivity index (χ4v) is 1.77. The topological polar surface area (TPSA) is 72.9 Å². The third-order valence-corrected chi connectivity index (χ3v) is 2.82. The SMILES string of the molecule is CCCNCc1ccc(-n2cc(C(N)=O)cn2)cc1. The smallest absolute Gasteiger partial charge is 0.251 e. The summed E-state index contributed by atoms with van der Waals surface area (Å²) in [4.78, 5) is 11.0. The molecule has 0 saturated carbocycles. The molecule has 1 amide bonds. The summed E-state index contributed by atoms with van der Waals surface area (Å²) in [6, 6.07) is 8.04. The van der Waals surface area contributed by atoms with Gasteiger partial charge in [0.05, 0.1) is 17.4 Å². The average Bonchev–Trinajstić information content (AvgIpc) is 2.90. The van der Waals surface area contributed by atoms with Crippen molar-refractivity contribution in [1.82, 2.24) is 15.1 Å². The lowest BCUT2D eigenvalue weighted by Gasteiger charge is -2.05. The maximum Gasteiger partial charge on any atom is 0.251 e. The molecule has 0 fully saturated rings. The molecule has 1 aromatic heterocycles. The van der Waals surface area contributed by atoms with E-state index in [1.165, 1.54) is 11.8 Å². The number of rotatable bonds is 6. The molecule has 1 heterocycles. The zero-order valence-corrected chi connectivity index (χ0v) is 11.0. The molecule has 3 N–H and O–H groups in total. The fraction of sp³-hybridized carbons (Fsp3) is 0.286. The number of hydrogen-bond donors (Lipinski definition) is 2. The quantitative estimate of drug-likeness (QED) is 0.771. The van der Waals surface area contributed by atoms with Crippen molar-refractivity contribution in [2.45, 2.75) is 19.9 Å². The first-order valence-corrected chi connectivity index (χ1v) is 6.35. The molecule has 0 unspecified atom stereocenters. The lowest BCUT2D eigenvalue weighted by molar-refractivity contribution is 0.100. The van der Waals surface area contributed by atoms with Gasteiger partial charge >= 0.3 is 0 Å². The molecular weight excluding hydrogens is 240 g/mol. The Labute approximate surface area is 112 Å². The van der Waals surface area contributed by atoms with Gasteiger partial charge in [-0.1, -0.05) is 19.1 Å². The fourth-order valence-electron chi connectivity index (χ4n) is 1.77. The minimum absolute atomic E-state index is 0.411. The van der Waals surface area contributed by atoms with Crippen LogP contribution < -0.4 is 11.1 Å². The highest BCUT2D eigenvalue weighted by Gasteiger charge is 2.05. The Bertz CT molecular complexity index is 545. The highest BCUT2D eigenvalue weighted by Crippen LogP contribution is 2.10. The molecule has 19 heavy (non-hydrogen) atoms. The molecule has 1 aromatic carbocycles. The molecule has 0 radical (unpaired) electrons. The zero-order chi connectivity index (χ0) is 13.7. The third kappa shape index (κ3) is 3.42. The largest absolute Gasteiger partial charge is 0.366 e. The molecule has 0 atom stereocenters. The lowest BCUT2D eigenvalue weighted by atomic mass is 10.2. The maximum absolute atomic E-state index is 11.0. The van der Waals surface area contributed by atoms with E-state index in [0.717, 1.165) is 25.2 Å². The second kappa shape index (κ2) is 6.15. The van der Waals surface area contributed by atoms with Gasteiger partial charge in [0.25, 0.3) is 5.91 Å². The van der Waals surface area contributed by atoms with Crippen molar-refractivity contribution < 1.29 is 4.79 Å². The van der Waals surface area contributed by atoms with Crippen LogP contribution in [0.25, 0.3) is 5.69 Å². The van der Waals surface area contributed by atoms with Gasteiger partial charge in [-0.3, -0.25) is 4.79 Å². The summed E-state index contributed by atoms with van der Waals surface area (Å²) in [6.07, 6.45) is 4.23. The summed E-state index contributed by atoms with van der Waals surface area (Å²) in [7, 11) is 0. The second-order valence-electron chi connectivity index (χ2n) is 4.38. The van der Waals surface area contributed by atoms with Crippen LogP contribution in [0, 0.1) is 0 Å². The van der Waals surface area contributed by atoms with Crippen LogP contribution in [0.2, 0.25) is 0 Å². The van der Waals surface area contributed by atoms with Gasteiger partial charge in [-0.2, -0.15) is 5.10 Å². The van der Waals surface area contributed by atoms with Crippen LogP contribution in [0.3, 0.4) is 0 Å². The number of carbonyl (C=O) groups excluding carboxylic acids is 1. The molecule has 100 valence electrons. The number of nitrogens with one attached hydrogen (secondary N) is 1. The average molecular weight is 258 g/mol. The molecule has 0 saturated heterocycles. The number of aromatic nitrogens is 2. The van der Waals surface area contributed by atoms with E-state index in [9.17, 15) is 4.79 Å². The Morgan fingerprint density at radius 2 is 2.11 bits per heavy atom. The minimum Gasteiger partial charge on any atom is -0.366 e. The first-order valence-electron chi connectivity index (χ1n) is 6.35. The van der Waals surface area contributed by atoms with Crippen molar-refractivity contribution in [2.75, 3.05) is 6.54 Å². The Morgan fingerprint density at radius 3 is 2.68 bits per heavy atom. The molecule has 2 rings (SSSR count). The molecular formula is C14H18N4O. The molecule has 0 aliphatic rings. The van der Waals surface area contributed by atoms with E-state index in [-0.39, 0.29) is 0 Å². The van der Waals surface area contributed by atoms with Crippen LogP contribution in [0.5, 0.6) is 0 Å². The third-order valence-electron chi connectivity index (χ3n) is 2.82. The standard InChI is InChI=1S/C14H18N4O/c1-2-7-16-8-11-3-5-13(6-4-11)18-10-12(9-17-18)14(15)19/h3-6,9-10,16H,2,7-8H2,1H3,(H2,15,19). The van der Waals surface area contributed by atoms with E-state index in [0.29, 0.717) is 5.56 Å². The number of nitrogens with two attached hydrogens (primary N) is 1. The van der Waals surface area contributed by atoms with Gasteiger partial charge in [-0.15, -0.1) is 0 Å². The number of nitrogens with zero attached hydrogens (tertiary/aromatic N) is 2. The summed E-state index contributed by atoms with van der Waals surface area (Å²) in [5.41, 5.74) is 7.74. The lowest BCUT2D eigenvalue weighted by Crippen LogP contribution is -2.13. The van der Waals surface area contributed by atoms with Gasteiger partial charge in [0.15, 0.2) is 0 Å². The van der Waals surface area contributed by atoms with E-state index < -0.39 is 5.91 Å². The number of primary amides is 1. The summed E-state index contributed by atoms with van der Waals surface area (Å²) >= 11 is 0. The highest BCUT2D eigenvalue weighted by atomic mass is 16.1. The Morgan fingerprint density at radius 1 is 1.37 bits per heavy atom. The number of hydrogen-bond acceptors (Lipinski definition) is 3. The molecule has 0 bridgehead atoms. The second-order valence-corrected chi connectivity index (χ2v) is 4.38. The van der Waals surface area contributed by atoms with Crippen LogP contribution in [0.15, 0.2) is 36.7 Å². The van der Waals surface area contributed by atoms with Gasteiger partial charge in [0.2, 0.25) is 0 Å². The van der Waals surface area contributed by atoms with Crippen LogP contribution in [-0.4, -0.2) is 22.2 Å². The Hall–Kier alpha value is -2.14. The van der Waals surface area contributed by atoms with E-state index in [1.807, 2.05) is 24.3 Å².